The maximum Gasteiger partial charge on any atom is 0.331 e. The Bertz CT molecular complexity index is 937. The summed E-state index contributed by atoms with van der Waals surface area (Å²) in [5.41, 5.74) is 1.47. The summed E-state index contributed by atoms with van der Waals surface area (Å²) in [5, 5.41) is 4.43. The Kier molecular flexibility index (Phi) is 5.66. The number of esters is 1. The van der Waals surface area contributed by atoms with Gasteiger partial charge in [0.1, 0.15) is 5.75 Å². The zero-order valence-electron chi connectivity index (χ0n) is 13.9. The van der Waals surface area contributed by atoms with E-state index < -0.39 is 5.97 Å². The average molecular weight is 371 g/mol. The molecule has 6 nitrogen and oxygen atoms in total. The molecule has 0 N–H and O–H groups in total. The van der Waals surface area contributed by atoms with Gasteiger partial charge in [0.2, 0.25) is 5.82 Å². The van der Waals surface area contributed by atoms with E-state index in [1.54, 1.807) is 31.4 Å². The van der Waals surface area contributed by atoms with Crippen LogP contribution in [0.1, 0.15) is 11.5 Å². The van der Waals surface area contributed by atoms with Crippen LogP contribution in [0.3, 0.4) is 0 Å². The molecule has 0 aliphatic carbocycles. The van der Waals surface area contributed by atoms with Crippen molar-refractivity contribution < 1.29 is 18.8 Å². The third-order valence-electron chi connectivity index (χ3n) is 3.44. The molecule has 0 radical (unpaired) electrons. The SMILES string of the molecule is COc1cccc(-c2noc(COC(=O)/C=C/c3ccccc3Cl)n2)c1. The van der Waals surface area contributed by atoms with E-state index in [0.717, 1.165) is 11.1 Å². The van der Waals surface area contributed by atoms with Gasteiger partial charge in [-0.25, -0.2) is 4.79 Å². The lowest BCUT2D eigenvalue weighted by atomic mass is 10.2. The molecule has 1 aromatic heterocycles. The molecular formula is C19H15ClN2O4. The van der Waals surface area contributed by atoms with E-state index in [4.69, 9.17) is 25.6 Å². The highest BCUT2D eigenvalue weighted by molar-refractivity contribution is 6.32. The highest BCUT2D eigenvalue weighted by atomic mass is 35.5. The van der Waals surface area contributed by atoms with Crippen LogP contribution in [0, 0.1) is 0 Å². The summed E-state index contributed by atoms with van der Waals surface area (Å²) in [6.07, 6.45) is 2.88. The minimum atomic E-state index is -0.536. The molecule has 1 heterocycles. The Morgan fingerprint density at radius 1 is 1.23 bits per heavy atom. The molecule has 26 heavy (non-hydrogen) atoms. The van der Waals surface area contributed by atoms with Gasteiger partial charge in [-0.1, -0.05) is 47.1 Å². The van der Waals surface area contributed by atoms with E-state index in [1.807, 2.05) is 30.3 Å². The van der Waals surface area contributed by atoms with Gasteiger partial charge in [-0.05, 0) is 29.8 Å². The molecule has 2 aromatic carbocycles. The predicted octanol–water partition coefficient (Wildman–Crippen LogP) is 4.16. The van der Waals surface area contributed by atoms with Crippen molar-refractivity contribution in [1.29, 1.82) is 0 Å². The van der Waals surface area contributed by atoms with E-state index in [1.165, 1.54) is 6.08 Å². The van der Waals surface area contributed by atoms with Crippen LogP contribution in [-0.4, -0.2) is 23.2 Å². The Balaban J connectivity index is 1.59. The van der Waals surface area contributed by atoms with Gasteiger partial charge in [0.25, 0.3) is 5.89 Å². The van der Waals surface area contributed by atoms with Gasteiger partial charge in [0.15, 0.2) is 6.61 Å². The quantitative estimate of drug-likeness (QED) is 0.479. The van der Waals surface area contributed by atoms with E-state index in [9.17, 15) is 4.79 Å². The van der Waals surface area contributed by atoms with Gasteiger partial charge in [0.05, 0.1) is 7.11 Å². The van der Waals surface area contributed by atoms with Crippen LogP contribution in [0.2, 0.25) is 5.02 Å². The normalized spacial score (nSPS) is 10.8. The molecule has 7 heteroatoms. The number of carbonyl (C=O) groups excluding carboxylic acids is 1. The maximum absolute atomic E-state index is 11.8. The summed E-state index contributed by atoms with van der Waals surface area (Å²) in [6.45, 7) is -0.122. The second-order valence-electron chi connectivity index (χ2n) is 5.21. The summed E-state index contributed by atoms with van der Waals surface area (Å²) in [4.78, 5) is 16.0. The van der Waals surface area contributed by atoms with Crippen molar-refractivity contribution in [2.75, 3.05) is 7.11 Å². The van der Waals surface area contributed by atoms with Crippen molar-refractivity contribution in [2.45, 2.75) is 6.61 Å². The minimum Gasteiger partial charge on any atom is -0.497 e. The molecule has 132 valence electrons. The van der Waals surface area contributed by atoms with Crippen LogP contribution in [-0.2, 0) is 16.1 Å². The fraction of sp³-hybridized carbons (Fsp3) is 0.105. The standard InChI is InChI=1S/C19H15ClN2O4/c1-24-15-7-4-6-14(11-15)19-21-17(26-22-19)12-25-18(23)10-9-13-5-2-3-8-16(13)20/h2-11H,12H2,1H3/b10-9+. The number of hydrogen-bond donors (Lipinski definition) is 0. The first-order chi connectivity index (χ1) is 12.7. The van der Waals surface area contributed by atoms with Crippen molar-refractivity contribution in [1.82, 2.24) is 10.1 Å². The summed E-state index contributed by atoms with van der Waals surface area (Å²) < 4.78 is 15.4. The number of carbonyl (C=O) groups is 1. The molecule has 0 saturated carbocycles. The molecular weight excluding hydrogens is 356 g/mol. The number of halogens is 1. The van der Waals surface area contributed by atoms with Crippen LogP contribution in [0.5, 0.6) is 5.75 Å². The van der Waals surface area contributed by atoms with Gasteiger partial charge in [-0.3, -0.25) is 0 Å². The number of hydrogen-bond acceptors (Lipinski definition) is 6. The summed E-state index contributed by atoms with van der Waals surface area (Å²) >= 11 is 6.02. The molecule has 0 aliphatic rings. The molecule has 0 unspecified atom stereocenters. The second kappa shape index (κ2) is 8.31. The van der Waals surface area contributed by atoms with E-state index in [-0.39, 0.29) is 12.5 Å². The van der Waals surface area contributed by atoms with E-state index in [2.05, 4.69) is 10.1 Å². The Morgan fingerprint density at radius 3 is 2.88 bits per heavy atom. The topological polar surface area (TPSA) is 74.5 Å². The highest BCUT2D eigenvalue weighted by Crippen LogP contribution is 2.21. The number of nitrogens with zero attached hydrogens (tertiary/aromatic N) is 2. The summed E-state index contributed by atoms with van der Waals surface area (Å²) in [5.74, 6) is 0.736. The molecule has 3 aromatic rings. The highest BCUT2D eigenvalue weighted by Gasteiger charge is 2.11. The van der Waals surface area contributed by atoms with Crippen LogP contribution in [0.4, 0.5) is 0 Å². The lowest BCUT2D eigenvalue weighted by Crippen LogP contribution is -2.01. The lowest BCUT2D eigenvalue weighted by Gasteiger charge is -2.00. The van der Waals surface area contributed by atoms with Crippen LogP contribution < -0.4 is 4.74 Å². The largest absolute Gasteiger partial charge is 0.497 e. The minimum absolute atomic E-state index is 0.122. The van der Waals surface area contributed by atoms with Crippen molar-refractivity contribution in [3.63, 3.8) is 0 Å². The molecule has 0 saturated heterocycles. The Hall–Kier alpha value is -3.12. The van der Waals surface area contributed by atoms with Crippen molar-refractivity contribution in [2.24, 2.45) is 0 Å². The smallest absolute Gasteiger partial charge is 0.331 e. The first kappa shape index (κ1) is 17.7. The van der Waals surface area contributed by atoms with Crippen LogP contribution >= 0.6 is 11.6 Å². The Labute approximate surface area is 155 Å². The van der Waals surface area contributed by atoms with Crippen LogP contribution in [0.25, 0.3) is 17.5 Å². The monoisotopic (exact) mass is 370 g/mol. The number of aromatic nitrogens is 2. The molecule has 0 fully saturated rings. The molecule has 0 spiro atoms. The fourth-order valence-electron chi connectivity index (χ4n) is 2.14. The van der Waals surface area contributed by atoms with Gasteiger partial charge in [0, 0.05) is 16.7 Å². The molecule has 0 amide bonds. The zero-order valence-corrected chi connectivity index (χ0v) is 14.6. The molecule has 0 aliphatic heterocycles. The first-order valence-corrected chi connectivity index (χ1v) is 8.10. The Morgan fingerprint density at radius 2 is 2.08 bits per heavy atom. The number of benzene rings is 2. The zero-order chi connectivity index (χ0) is 18.4. The van der Waals surface area contributed by atoms with Crippen molar-refractivity contribution >= 4 is 23.6 Å². The number of methoxy groups -OCH3 is 1. The maximum atomic E-state index is 11.8. The lowest BCUT2D eigenvalue weighted by molar-refractivity contribution is -0.139. The van der Waals surface area contributed by atoms with Crippen molar-refractivity contribution in [3.05, 3.63) is 71.1 Å². The van der Waals surface area contributed by atoms with Crippen LogP contribution in [0.15, 0.2) is 59.1 Å². The fourth-order valence-corrected chi connectivity index (χ4v) is 2.34. The molecule has 0 atom stereocenters. The van der Waals surface area contributed by atoms with Gasteiger partial charge in [-0.15, -0.1) is 0 Å². The van der Waals surface area contributed by atoms with E-state index in [0.29, 0.717) is 16.6 Å². The number of ether oxygens (including phenoxy) is 2. The first-order valence-electron chi connectivity index (χ1n) is 7.72. The van der Waals surface area contributed by atoms with Gasteiger partial charge < -0.3 is 14.0 Å². The van der Waals surface area contributed by atoms with Gasteiger partial charge >= 0.3 is 5.97 Å². The second-order valence-corrected chi connectivity index (χ2v) is 5.61. The van der Waals surface area contributed by atoms with E-state index >= 15 is 0 Å². The molecule has 3 rings (SSSR count). The number of rotatable bonds is 6. The molecule has 0 bridgehead atoms. The third-order valence-corrected chi connectivity index (χ3v) is 3.78. The van der Waals surface area contributed by atoms with Crippen molar-refractivity contribution in [3.8, 4) is 17.1 Å². The third kappa shape index (κ3) is 4.49. The average Bonchev–Trinajstić information content (AvgIpc) is 3.15. The summed E-state index contributed by atoms with van der Waals surface area (Å²) in [7, 11) is 1.58. The summed E-state index contributed by atoms with van der Waals surface area (Å²) in [6, 6.07) is 14.4. The van der Waals surface area contributed by atoms with Gasteiger partial charge in [-0.2, -0.15) is 4.98 Å². The predicted molar refractivity (Wildman–Crippen MR) is 96.6 cm³/mol.